The summed E-state index contributed by atoms with van der Waals surface area (Å²) < 4.78 is 23.2. The molecular formula is C14H23NO2S2. The molecule has 19 heavy (non-hydrogen) atoms. The molecule has 0 saturated heterocycles. The molecule has 0 atom stereocenters. The van der Waals surface area contributed by atoms with Crippen molar-refractivity contribution in [3.63, 3.8) is 0 Å². The molecule has 0 aliphatic carbocycles. The Morgan fingerprint density at radius 3 is 2.68 bits per heavy atom. The molecule has 5 heteroatoms. The maximum Gasteiger partial charge on any atom is 0.151 e. The molecule has 3 nitrogen and oxygen atoms in total. The van der Waals surface area contributed by atoms with Crippen molar-refractivity contribution in [2.24, 2.45) is 0 Å². The number of sulfone groups is 1. The van der Waals surface area contributed by atoms with E-state index in [1.165, 1.54) is 5.56 Å². The van der Waals surface area contributed by atoms with Crippen molar-refractivity contribution in [1.82, 2.24) is 5.32 Å². The molecule has 0 unspecified atom stereocenters. The van der Waals surface area contributed by atoms with Gasteiger partial charge in [-0.15, -0.1) is 11.8 Å². The first-order chi connectivity index (χ1) is 9.07. The number of benzene rings is 1. The fourth-order valence-electron chi connectivity index (χ4n) is 1.71. The fourth-order valence-corrected chi connectivity index (χ4v) is 4.53. The lowest BCUT2D eigenvalue weighted by Crippen LogP contribution is -2.12. The highest BCUT2D eigenvalue weighted by molar-refractivity contribution is 8.00. The zero-order valence-corrected chi connectivity index (χ0v) is 13.3. The van der Waals surface area contributed by atoms with E-state index in [-0.39, 0.29) is 5.75 Å². The van der Waals surface area contributed by atoms with Crippen LogP contribution in [0.2, 0.25) is 0 Å². The second kappa shape index (κ2) is 8.61. The minimum absolute atomic E-state index is 0.267. The van der Waals surface area contributed by atoms with Crippen molar-refractivity contribution in [1.29, 1.82) is 0 Å². The number of hydrogen-bond acceptors (Lipinski definition) is 4. The van der Waals surface area contributed by atoms with Crippen LogP contribution in [-0.2, 0) is 16.4 Å². The Bertz CT molecular complexity index is 472. The van der Waals surface area contributed by atoms with Crippen LogP contribution < -0.4 is 5.32 Å². The van der Waals surface area contributed by atoms with E-state index in [2.05, 4.69) is 24.4 Å². The predicted molar refractivity (Wildman–Crippen MR) is 83.5 cm³/mol. The van der Waals surface area contributed by atoms with Gasteiger partial charge in [-0.05, 0) is 30.7 Å². The molecule has 0 bridgehead atoms. The quantitative estimate of drug-likeness (QED) is 0.712. The molecule has 1 aromatic rings. The van der Waals surface area contributed by atoms with Crippen LogP contribution >= 0.6 is 11.8 Å². The Morgan fingerprint density at radius 1 is 1.21 bits per heavy atom. The van der Waals surface area contributed by atoms with Gasteiger partial charge in [0.2, 0.25) is 0 Å². The van der Waals surface area contributed by atoms with E-state index in [0.29, 0.717) is 17.9 Å². The van der Waals surface area contributed by atoms with Gasteiger partial charge in [-0.3, -0.25) is 0 Å². The van der Waals surface area contributed by atoms with Crippen LogP contribution in [0.5, 0.6) is 0 Å². The predicted octanol–water partition coefficient (Wildman–Crippen LogP) is 2.71. The third kappa shape index (κ3) is 6.99. The minimum atomic E-state index is -2.86. The maximum absolute atomic E-state index is 11.6. The third-order valence-corrected chi connectivity index (χ3v) is 5.77. The Hall–Kier alpha value is -0.520. The number of nitrogens with one attached hydrogen (secondary N) is 1. The lowest BCUT2D eigenvalue weighted by atomic mass is 10.2. The molecule has 0 heterocycles. The van der Waals surface area contributed by atoms with E-state index >= 15 is 0 Å². The highest BCUT2D eigenvalue weighted by Crippen LogP contribution is 2.19. The SMILES string of the molecule is CCCS(=O)(=O)CCSc1cccc(CNCC)c1. The normalized spacial score (nSPS) is 11.7. The highest BCUT2D eigenvalue weighted by atomic mass is 32.2. The second-order valence-electron chi connectivity index (χ2n) is 4.43. The Labute approximate surface area is 121 Å². The summed E-state index contributed by atoms with van der Waals surface area (Å²) in [5, 5.41) is 3.28. The van der Waals surface area contributed by atoms with Gasteiger partial charge in [0, 0.05) is 22.9 Å². The van der Waals surface area contributed by atoms with Gasteiger partial charge in [-0.2, -0.15) is 0 Å². The van der Waals surface area contributed by atoms with Crippen molar-refractivity contribution >= 4 is 21.6 Å². The topological polar surface area (TPSA) is 46.2 Å². The molecule has 0 aliphatic heterocycles. The number of rotatable bonds is 9. The van der Waals surface area contributed by atoms with E-state index < -0.39 is 9.84 Å². The van der Waals surface area contributed by atoms with E-state index in [1.807, 2.05) is 19.1 Å². The Morgan fingerprint density at radius 2 is 2.00 bits per heavy atom. The summed E-state index contributed by atoms with van der Waals surface area (Å²) in [6.45, 7) is 5.79. The first kappa shape index (κ1) is 16.5. The lowest BCUT2D eigenvalue weighted by molar-refractivity contribution is 0.596. The van der Waals surface area contributed by atoms with Crippen LogP contribution in [-0.4, -0.2) is 32.2 Å². The van der Waals surface area contributed by atoms with Crippen molar-refractivity contribution in [2.45, 2.75) is 31.7 Å². The van der Waals surface area contributed by atoms with Crippen LogP contribution in [0.15, 0.2) is 29.2 Å². The molecular weight excluding hydrogens is 278 g/mol. The molecule has 108 valence electrons. The fraction of sp³-hybridized carbons (Fsp3) is 0.571. The highest BCUT2D eigenvalue weighted by Gasteiger charge is 2.09. The summed E-state index contributed by atoms with van der Waals surface area (Å²) in [7, 11) is -2.86. The van der Waals surface area contributed by atoms with Crippen LogP contribution in [0.25, 0.3) is 0 Å². The molecule has 1 rings (SSSR count). The average molecular weight is 301 g/mol. The smallest absolute Gasteiger partial charge is 0.151 e. The third-order valence-electron chi connectivity index (χ3n) is 2.66. The molecule has 0 saturated carbocycles. The average Bonchev–Trinajstić information content (AvgIpc) is 2.36. The number of thioether (sulfide) groups is 1. The summed E-state index contributed by atoms with van der Waals surface area (Å²) in [6, 6.07) is 8.27. The second-order valence-corrected chi connectivity index (χ2v) is 7.90. The minimum Gasteiger partial charge on any atom is -0.313 e. The van der Waals surface area contributed by atoms with E-state index in [0.717, 1.165) is 18.0 Å². The van der Waals surface area contributed by atoms with Crippen molar-refractivity contribution < 1.29 is 8.42 Å². The standard InChI is InChI=1S/C14H23NO2S2/c1-3-9-19(16,17)10-8-18-14-7-5-6-13(11-14)12-15-4-2/h5-7,11,15H,3-4,8-10,12H2,1-2H3. The zero-order valence-electron chi connectivity index (χ0n) is 11.7. The molecule has 1 N–H and O–H groups in total. The summed E-state index contributed by atoms with van der Waals surface area (Å²) in [5.74, 6) is 1.20. The summed E-state index contributed by atoms with van der Waals surface area (Å²) in [4.78, 5) is 1.14. The van der Waals surface area contributed by atoms with Gasteiger partial charge in [-0.25, -0.2) is 8.42 Å². The van der Waals surface area contributed by atoms with Gasteiger partial charge in [0.15, 0.2) is 9.84 Å². The summed E-state index contributed by atoms with van der Waals surface area (Å²) >= 11 is 1.61. The van der Waals surface area contributed by atoms with E-state index in [9.17, 15) is 8.42 Å². The van der Waals surface area contributed by atoms with Crippen molar-refractivity contribution in [2.75, 3.05) is 23.8 Å². The van der Waals surface area contributed by atoms with Gasteiger partial charge < -0.3 is 5.32 Å². The summed E-state index contributed by atoms with van der Waals surface area (Å²) in [5.41, 5.74) is 1.24. The first-order valence-corrected chi connectivity index (χ1v) is 9.51. The molecule has 0 aliphatic rings. The monoisotopic (exact) mass is 301 g/mol. The lowest BCUT2D eigenvalue weighted by Gasteiger charge is -2.06. The van der Waals surface area contributed by atoms with Gasteiger partial charge >= 0.3 is 0 Å². The van der Waals surface area contributed by atoms with Crippen LogP contribution in [0.1, 0.15) is 25.8 Å². The van der Waals surface area contributed by atoms with Crippen molar-refractivity contribution in [3.8, 4) is 0 Å². The van der Waals surface area contributed by atoms with Crippen LogP contribution in [0.3, 0.4) is 0 Å². The molecule has 0 amide bonds. The van der Waals surface area contributed by atoms with Crippen LogP contribution in [0.4, 0.5) is 0 Å². The van der Waals surface area contributed by atoms with E-state index in [1.54, 1.807) is 11.8 Å². The zero-order chi connectivity index (χ0) is 14.1. The Balaban J connectivity index is 2.45. The van der Waals surface area contributed by atoms with Crippen LogP contribution in [0, 0.1) is 0 Å². The molecule has 1 aromatic carbocycles. The molecule has 0 aromatic heterocycles. The molecule has 0 radical (unpaired) electrons. The van der Waals surface area contributed by atoms with Gasteiger partial charge in [0.25, 0.3) is 0 Å². The Kier molecular flexibility index (Phi) is 7.49. The molecule has 0 spiro atoms. The summed E-state index contributed by atoms with van der Waals surface area (Å²) in [6.07, 6.45) is 0.700. The maximum atomic E-state index is 11.6. The van der Waals surface area contributed by atoms with Crippen molar-refractivity contribution in [3.05, 3.63) is 29.8 Å². The van der Waals surface area contributed by atoms with Gasteiger partial charge in [0.05, 0.1) is 5.75 Å². The molecule has 0 fully saturated rings. The van der Waals surface area contributed by atoms with Gasteiger partial charge in [0.1, 0.15) is 0 Å². The number of hydrogen-bond donors (Lipinski definition) is 1. The van der Waals surface area contributed by atoms with Gasteiger partial charge in [-0.1, -0.05) is 26.0 Å². The van der Waals surface area contributed by atoms with E-state index in [4.69, 9.17) is 0 Å². The largest absolute Gasteiger partial charge is 0.313 e. The first-order valence-electron chi connectivity index (χ1n) is 6.70.